The Bertz CT molecular complexity index is 294. The van der Waals surface area contributed by atoms with Crippen molar-refractivity contribution in [3.8, 4) is 0 Å². The third-order valence-corrected chi connectivity index (χ3v) is 2.22. The maximum atomic E-state index is 5.33. The molecule has 0 saturated heterocycles. The molecule has 0 aromatic heterocycles. The third kappa shape index (κ3) is 1.18. The first kappa shape index (κ1) is 7.62. The van der Waals surface area contributed by atoms with Gasteiger partial charge < -0.3 is 9.64 Å². The first-order chi connectivity index (χ1) is 5.77. The van der Waals surface area contributed by atoms with Crippen molar-refractivity contribution in [3.05, 3.63) is 29.3 Å². The van der Waals surface area contributed by atoms with Crippen molar-refractivity contribution in [2.24, 2.45) is 0 Å². The van der Waals surface area contributed by atoms with Crippen molar-refractivity contribution in [2.75, 3.05) is 19.0 Å². The van der Waals surface area contributed by atoms with Crippen molar-refractivity contribution >= 4 is 5.69 Å². The molecule has 0 spiro atoms. The average Bonchev–Trinajstić information content (AvgIpc) is 2.49. The summed E-state index contributed by atoms with van der Waals surface area (Å²) in [6, 6.07) is 6.48. The molecular formula is C10H13NO. The Morgan fingerprint density at radius 2 is 1.92 bits per heavy atom. The summed E-state index contributed by atoms with van der Waals surface area (Å²) in [4.78, 5) is 2.11. The van der Waals surface area contributed by atoms with Crippen LogP contribution in [0.2, 0.25) is 0 Å². The van der Waals surface area contributed by atoms with Gasteiger partial charge in [-0.15, -0.1) is 0 Å². The molecule has 0 atom stereocenters. The second-order valence-corrected chi connectivity index (χ2v) is 3.34. The van der Waals surface area contributed by atoms with Crippen molar-refractivity contribution in [3.63, 3.8) is 0 Å². The van der Waals surface area contributed by atoms with Crippen molar-refractivity contribution < 1.29 is 4.74 Å². The normalized spacial score (nSPS) is 14.5. The average molecular weight is 163 g/mol. The maximum absolute atomic E-state index is 5.33. The van der Waals surface area contributed by atoms with Gasteiger partial charge >= 0.3 is 0 Å². The Hall–Kier alpha value is -1.02. The quantitative estimate of drug-likeness (QED) is 0.625. The molecule has 1 heterocycles. The van der Waals surface area contributed by atoms with Gasteiger partial charge in [-0.05, 0) is 23.3 Å². The zero-order chi connectivity index (χ0) is 8.55. The molecule has 2 heteroatoms. The molecular weight excluding hydrogens is 150 g/mol. The summed E-state index contributed by atoms with van der Waals surface area (Å²) in [6.45, 7) is 1.56. The van der Waals surface area contributed by atoms with Gasteiger partial charge in [0, 0.05) is 19.8 Å². The van der Waals surface area contributed by atoms with E-state index in [0.717, 1.165) is 13.2 Å². The van der Waals surface area contributed by atoms with Gasteiger partial charge in [-0.25, -0.2) is 0 Å². The number of hydrogen-bond acceptors (Lipinski definition) is 2. The molecule has 0 saturated carbocycles. The highest BCUT2D eigenvalue weighted by atomic mass is 16.5. The molecule has 1 aromatic carbocycles. The first-order valence-corrected chi connectivity index (χ1v) is 4.14. The fourth-order valence-electron chi connectivity index (χ4n) is 1.44. The topological polar surface area (TPSA) is 12.5 Å². The van der Waals surface area contributed by atoms with E-state index in [0.29, 0.717) is 0 Å². The van der Waals surface area contributed by atoms with Crippen molar-refractivity contribution in [1.29, 1.82) is 0 Å². The number of fused-ring (bicyclic) bond motifs is 1. The Kier molecular flexibility index (Phi) is 1.77. The molecule has 0 amide bonds. The van der Waals surface area contributed by atoms with E-state index in [-0.39, 0.29) is 0 Å². The van der Waals surface area contributed by atoms with Gasteiger partial charge in [0.2, 0.25) is 0 Å². The van der Waals surface area contributed by atoms with Crippen LogP contribution in [0.5, 0.6) is 0 Å². The van der Waals surface area contributed by atoms with E-state index in [1.54, 1.807) is 0 Å². The van der Waals surface area contributed by atoms with E-state index in [1.807, 2.05) is 0 Å². The minimum absolute atomic E-state index is 0.775. The van der Waals surface area contributed by atoms with Gasteiger partial charge in [0.15, 0.2) is 0 Å². The molecule has 64 valence electrons. The minimum Gasteiger partial charge on any atom is -0.378 e. The van der Waals surface area contributed by atoms with Crippen LogP contribution in [0, 0.1) is 0 Å². The minimum atomic E-state index is 0.775. The molecule has 0 fully saturated rings. The van der Waals surface area contributed by atoms with E-state index in [4.69, 9.17) is 4.74 Å². The molecule has 2 nitrogen and oxygen atoms in total. The summed E-state index contributed by atoms with van der Waals surface area (Å²) in [5.74, 6) is 0. The zero-order valence-electron chi connectivity index (χ0n) is 7.50. The molecule has 0 N–H and O–H groups in total. The largest absolute Gasteiger partial charge is 0.378 e. The van der Waals surface area contributed by atoms with Gasteiger partial charge in [0.25, 0.3) is 0 Å². The number of benzene rings is 1. The summed E-state index contributed by atoms with van der Waals surface area (Å²) in [5, 5.41) is 0. The van der Waals surface area contributed by atoms with Crippen LogP contribution in [-0.2, 0) is 18.0 Å². The lowest BCUT2D eigenvalue weighted by Gasteiger charge is -2.12. The number of nitrogens with zero attached hydrogens (tertiary/aromatic N) is 1. The predicted molar refractivity (Wildman–Crippen MR) is 49.3 cm³/mol. The molecule has 0 radical (unpaired) electrons. The summed E-state index contributed by atoms with van der Waals surface area (Å²) >= 11 is 0. The molecule has 1 aliphatic heterocycles. The lowest BCUT2D eigenvalue weighted by molar-refractivity contribution is 0.134. The molecule has 0 aliphatic carbocycles. The van der Waals surface area contributed by atoms with E-state index in [2.05, 4.69) is 37.2 Å². The lowest BCUT2D eigenvalue weighted by atomic mass is 10.1. The first-order valence-electron chi connectivity index (χ1n) is 4.14. The predicted octanol–water partition coefficient (Wildman–Crippen LogP) is 1.78. The monoisotopic (exact) mass is 163 g/mol. The Balaban J connectivity index is 2.39. The van der Waals surface area contributed by atoms with Crippen LogP contribution in [0.15, 0.2) is 18.2 Å². The molecule has 1 aliphatic rings. The lowest BCUT2D eigenvalue weighted by Crippen LogP contribution is -2.08. The summed E-state index contributed by atoms with van der Waals surface area (Å²) in [7, 11) is 4.11. The summed E-state index contributed by atoms with van der Waals surface area (Å²) < 4.78 is 5.33. The highest BCUT2D eigenvalue weighted by molar-refractivity contribution is 5.50. The Labute approximate surface area is 72.8 Å². The van der Waals surface area contributed by atoms with Gasteiger partial charge in [0.05, 0.1) is 13.2 Å². The van der Waals surface area contributed by atoms with Crippen LogP contribution in [0.1, 0.15) is 11.1 Å². The zero-order valence-corrected chi connectivity index (χ0v) is 7.50. The maximum Gasteiger partial charge on any atom is 0.0725 e. The Morgan fingerprint density at radius 1 is 1.17 bits per heavy atom. The number of rotatable bonds is 1. The molecule has 2 rings (SSSR count). The fourth-order valence-corrected chi connectivity index (χ4v) is 1.44. The van der Waals surface area contributed by atoms with Gasteiger partial charge in [-0.1, -0.05) is 6.07 Å². The number of hydrogen-bond donors (Lipinski definition) is 0. The van der Waals surface area contributed by atoms with Gasteiger partial charge in [-0.3, -0.25) is 0 Å². The number of anilines is 1. The second kappa shape index (κ2) is 2.79. The van der Waals surface area contributed by atoms with Crippen LogP contribution < -0.4 is 4.90 Å². The molecule has 0 unspecified atom stereocenters. The van der Waals surface area contributed by atoms with Crippen molar-refractivity contribution in [2.45, 2.75) is 13.2 Å². The number of ether oxygens (including phenoxy) is 1. The molecule has 12 heavy (non-hydrogen) atoms. The van der Waals surface area contributed by atoms with Crippen LogP contribution in [0.25, 0.3) is 0 Å². The highest BCUT2D eigenvalue weighted by Gasteiger charge is 2.11. The third-order valence-electron chi connectivity index (χ3n) is 2.22. The summed E-state index contributed by atoms with van der Waals surface area (Å²) in [5.41, 5.74) is 3.92. The fraction of sp³-hybridized carbons (Fsp3) is 0.400. The van der Waals surface area contributed by atoms with Crippen LogP contribution in [-0.4, -0.2) is 14.1 Å². The SMILES string of the molecule is CN(C)c1ccc2c(c1)COC2. The standard InChI is InChI=1S/C10H13NO/c1-11(2)10-4-3-8-6-12-7-9(8)5-10/h3-5H,6-7H2,1-2H3. The Morgan fingerprint density at radius 3 is 2.67 bits per heavy atom. The van der Waals surface area contributed by atoms with E-state index in [1.165, 1.54) is 16.8 Å². The summed E-state index contributed by atoms with van der Waals surface area (Å²) in [6.07, 6.45) is 0. The van der Waals surface area contributed by atoms with Gasteiger partial charge in [0.1, 0.15) is 0 Å². The smallest absolute Gasteiger partial charge is 0.0725 e. The van der Waals surface area contributed by atoms with Crippen LogP contribution in [0.3, 0.4) is 0 Å². The molecule has 1 aromatic rings. The van der Waals surface area contributed by atoms with E-state index in [9.17, 15) is 0 Å². The van der Waals surface area contributed by atoms with Gasteiger partial charge in [-0.2, -0.15) is 0 Å². The highest BCUT2D eigenvalue weighted by Crippen LogP contribution is 2.24. The van der Waals surface area contributed by atoms with Crippen LogP contribution in [0.4, 0.5) is 5.69 Å². The van der Waals surface area contributed by atoms with Crippen molar-refractivity contribution in [1.82, 2.24) is 0 Å². The second-order valence-electron chi connectivity index (χ2n) is 3.34. The molecule has 0 bridgehead atoms. The van der Waals surface area contributed by atoms with E-state index >= 15 is 0 Å². The van der Waals surface area contributed by atoms with Crippen LogP contribution >= 0.6 is 0 Å². The van der Waals surface area contributed by atoms with E-state index < -0.39 is 0 Å².